The number of nitrogens with one attached hydrogen (secondary N) is 2. The average Bonchev–Trinajstić information content (AvgIpc) is 2.87. The molecule has 34 heavy (non-hydrogen) atoms. The standard InChI is InChI=1S/C29H41N3O2/c1-3-4-5-6-7-12-17-28(33)31-25-18-19-27(32-20-13-9-14-21-32)26(22-25)29(34)30-23(2)24-15-10-8-11-16-24/h8,10-11,15-16,18-19,22-23H,3-7,9,12-14,17,20-21H2,1-2H3,(H,30,34)(H,31,33). The second-order valence-electron chi connectivity index (χ2n) is 9.45. The number of piperidine rings is 1. The Morgan fingerprint density at radius 1 is 0.912 bits per heavy atom. The molecule has 184 valence electrons. The van der Waals surface area contributed by atoms with Crippen molar-refractivity contribution in [3.8, 4) is 0 Å². The Labute approximate surface area is 205 Å². The fraction of sp³-hybridized carbons (Fsp3) is 0.517. The smallest absolute Gasteiger partial charge is 0.253 e. The number of unbranched alkanes of at least 4 members (excludes halogenated alkanes) is 5. The van der Waals surface area contributed by atoms with Gasteiger partial charge in [0.1, 0.15) is 0 Å². The third-order valence-electron chi connectivity index (χ3n) is 6.63. The fourth-order valence-electron chi connectivity index (χ4n) is 4.60. The maximum atomic E-state index is 13.4. The molecule has 3 rings (SSSR count). The lowest BCUT2D eigenvalue weighted by atomic mass is 10.0. The normalized spacial score (nSPS) is 14.5. The van der Waals surface area contributed by atoms with Crippen LogP contribution >= 0.6 is 0 Å². The lowest BCUT2D eigenvalue weighted by molar-refractivity contribution is -0.116. The van der Waals surface area contributed by atoms with E-state index in [2.05, 4.69) is 22.5 Å². The van der Waals surface area contributed by atoms with E-state index in [1.165, 1.54) is 32.1 Å². The number of hydrogen-bond acceptors (Lipinski definition) is 3. The minimum absolute atomic E-state index is 0.0187. The third kappa shape index (κ3) is 7.89. The number of benzene rings is 2. The molecule has 2 amide bonds. The summed E-state index contributed by atoms with van der Waals surface area (Å²) in [5, 5.41) is 6.17. The number of anilines is 2. The zero-order valence-corrected chi connectivity index (χ0v) is 20.9. The van der Waals surface area contributed by atoms with Crippen molar-refractivity contribution >= 4 is 23.2 Å². The Bertz CT molecular complexity index is 907. The van der Waals surface area contributed by atoms with Crippen LogP contribution in [0.25, 0.3) is 0 Å². The summed E-state index contributed by atoms with van der Waals surface area (Å²) in [4.78, 5) is 28.2. The van der Waals surface area contributed by atoms with Gasteiger partial charge in [-0.05, 0) is 56.4 Å². The number of hydrogen-bond donors (Lipinski definition) is 2. The molecule has 1 fully saturated rings. The number of amides is 2. The lowest BCUT2D eigenvalue weighted by Crippen LogP contribution is -2.33. The van der Waals surface area contributed by atoms with Gasteiger partial charge in [-0.15, -0.1) is 0 Å². The number of rotatable bonds is 12. The maximum absolute atomic E-state index is 13.4. The quantitative estimate of drug-likeness (QED) is 0.338. The molecule has 0 aliphatic carbocycles. The molecule has 0 bridgehead atoms. The van der Waals surface area contributed by atoms with Gasteiger partial charge < -0.3 is 15.5 Å². The summed E-state index contributed by atoms with van der Waals surface area (Å²) in [5.41, 5.74) is 3.33. The van der Waals surface area contributed by atoms with Crippen molar-refractivity contribution in [2.45, 2.75) is 84.1 Å². The summed E-state index contributed by atoms with van der Waals surface area (Å²) in [6.07, 6.45) is 11.0. The van der Waals surface area contributed by atoms with Gasteiger partial charge in [0.2, 0.25) is 5.91 Å². The van der Waals surface area contributed by atoms with E-state index in [1.54, 1.807) is 0 Å². The SMILES string of the molecule is CCCCCCCCC(=O)Nc1ccc(N2CCCCC2)c(C(=O)NC(C)c2ccccc2)c1. The van der Waals surface area contributed by atoms with E-state index in [9.17, 15) is 9.59 Å². The van der Waals surface area contributed by atoms with Crippen LogP contribution in [-0.4, -0.2) is 24.9 Å². The first-order valence-corrected chi connectivity index (χ1v) is 13.1. The molecule has 2 aromatic rings. The van der Waals surface area contributed by atoms with Crippen molar-refractivity contribution in [1.29, 1.82) is 0 Å². The molecule has 5 heteroatoms. The third-order valence-corrected chi connectivity index (χ3v) is 6.63. The summed E-state index contributed by atoms with van der Waals surface area (Å²) in [7, 11) is 0. The van der Waals surface area contributed by atoms with Gasteiger partial charge in [0.25, 0.3) is 5.91 Å². The molecule has 2 aromatic carbocycles. The van der Waals surface area contributed by atoms with Crippen molar-refractivity contribution in [2.24, 2.45) is 0 Å². The molecule has 0 saturated carbocycles. The van der Waals surface area contributed by atoms with Gasteiger partial charge in [0.15, 0.2) is 0 Å². The molecule has 0 radical (unpaired) electrons. The Hall–Kier alpha value is -2.82. The van der Waals surface area contributed by atoms with E-state index in [1.807, 2.05) is 55.5 Å². The van der Waals surface area contributed by atoms with E-state index in [0.717, 1.165) is 50.0 Å². The van der Waals surface area contributed by atoms with Crippen molar-refractivity contribution < 1.29 is 9.59 Å². The zero-order chi connectivity index (χ0) is 24.2. The van der Waals surface area contributed by atoms with Gasteiger partial charge in [-0.3, -0.25) is 9.59 Å². The summed E-state index contributed by atoms with van der Waals surface area (Å²) >= 11 is 0. The molecule has 2 N–H and O–H groups in total. The summed E-state index contributed by atoms with van der Waals surface area (Å²) in [5.74, 6) is -0.0887. The highest BCUT2D eigenvalue weighted by molar-refractivity contribution is 6.02. The number of carbonyl (C=O) groups excluding carboxylic acids is 2. The van der Waals surface area contributed by atoms with Gasteiger partial charge in [-0.1, -0.05) is 69.4 Å². The summed E-state index contributed by atoms with van der Waals surface area (Å²) in [6, 6.07) is 15.7. The monoisotopic (exact) mass is 463 g/mol. The van der Waals surface area contributed by atoms with E-state index < -0.39 is 0 Å². The first-order valence-electron chi connectivity index (χ1n) is 13.1. The van der Waals surface area contributed by atoms with E-state index in [-0.39, 0.29) is 17.9 Å². The number of nitrogens with zero attached hydrogens (tertiary/aromatic N) is 1. The molecule has 1 aliphatic rings. The van der Waals surface area contributed by atoms with Crippen LogP contribution in [0.5, 0.6) is 0 Å². The molecule has 1 saturated heterocycles. The highest BCUT2D eigenvalue weighted by Crippen LogP contribution is 2.28. The summed E-state index contributed by atoms with van der Waals surface area (Å²) in [6.45, 7) is 6.12. The van der Waals surface area contributed by atoms with E-state index >= 15 is 0 Å². The van der Waals surface area contributed by atoms with Gasteiger partial charge in [0, 0.05) is 30.9 Å². The molecule has 5 nitrogen and oxygen atoms in total. The molecular formula is C29H41N3O2. The Morgan fingerprint density at radius 3 is 2.35 bits per heavy atom. The van der Waals surface area contributed by atoms with Crippen LogP contribution in [0.1, 0.15) is 100 Å². The van der Waals surface area contributed by atoms with Crippen LogP contribution in [0.4, 0.5) is 11.4 Å². The maximum Gasteiger partial charge on any atom is 0.253 e. The number of carbonyl (C=O) groups is 2. The fourth-order valence-corrected chi connectivity index (χ4v) is 4.60. The molecule has 1 atom stereocenters. The topological polar surface area (TPSA) is 61.4 Å². The first kappa shape index (κ1) is 25.8. The second-order valence-corrected chi connectivity index (χ2v) is 9.45. The van der Waals surface area contributed by atoms with Crippen LogP contribution < -0.4 is 15.5 Å². The van der Waals surface area contributed by atoms with Crippen LogP contribution in [0.3, 0.4) is 0 Å². The zero-order valence-electron chi connectivity index (χ0n) is 20.9. The van der Waals surface area contributed by atoms with Gasteiger partial charge in [-0.25, -0.2) is 0 Å². The predicted molar refractivity (Wildman–Crippen MR) is 141 cm³/mol. The van der Waals surface area contributed by atoms with Crippen molar-refractivity contribution in [1.82, 2.24) is 5.32 Å². The van der Waals surface area contributed by atoms with Crippen LogP contribution in [0, 0.1) is 0 Å². The van der Waals surface area contributed by atoms with Crippen molar-refractivity contribution in [3.63, 3.8) is 0 Å². The van der Waals surface area contributed by atoms with Gasteiger partial charge in [0.05, 0.1) is 11.6 Å². The van der Waals surface area contributed by atoms with Crippen LogP contribution in [0.2, 0.25) is 0 Å². The largest absolute Gasteiger partial charge is 0.371 e. The van der Waals surface area contributed by atoms with Gasteiger partial charge >= 0.3 is 0 Å². The highest BCUT2D eigenvalue weighted by atomic mass is 16.2. The van der Waals surface area contributed by atoms with E-state index in [4.69, 9.17) is 0 Å². The van der Waals surface area contributed by atoms with Gasteiger partial charge in [-0.2, -0.15) is 0 Å². The highest BCUT2D eigenvalue weighted by Gasteiger charge is 2.21. The van der Waals surface area contributed by atoms with Crippen LogP contribution in [0.15, 0.2) is 48.5 Å². The molecular weight excluding hydrogens is 422 g/mol. The lowest BCUT2D eigenvalue weighted by Gasteiger charge is -2.31. The Balaban J connectivity index is 1.68. The minimum atomic E-state index is -0.107. The second kappa shape index (κ2) is 13.8. The molecule has 1 heterocycles. The minimum Gasteiger partial charge on any atom is -0.371 e. The summed E-state index contributed by atoms with van der Waals surface area (Å²) < 4.78 is 0. The molecule has 0 aromatic heterocycles. The first-order chi connectivity index (χ1) is 16.6. The van der Waals surface area contributed by atoms with E-state index in [0.29, 0.717) is 17.7 Å². The predicted octanol–water partition coefficient (Wildman–Crippen LogP) is 6.86. The average molecular weight is 464 g/mol. The van der Waals surface area contributed by atoms with Crippen LogP contribution in [-0.2, 0) is 4.79 Å². The van der Waals surface area contributed by atoms with Crippen molar-refractivity contribution in [3.05, 3.63) is 59.7 Å². The Morgan fingerprint density at radius 2 is 1.62 bits per heavy atom. The molecule has 0 spiro atoms. The molecule has 1 unspecified atom stereocenters. The van der Waals surface area contributed by atoms with Crippen molar-refractivity contribution in [2.75, 3.05) is 23.3 Å². The molecule has 1 aliphatic heterocycles. The Kier molecular flexibility index (Phi) is 10.5.